The van der Waals surface area contributed by atoms with Crippen LogP contribution in [0.3, 0.4) is 0 Å². The zero-order valence-corrected chi connectivity index (χ0v) is 64.8. The molecule has 0 aliphatic carbocycles. The summed E-state index contributed by atoms with van der Waals surface area (Å²) < 4.78 is 68.5. The largest absolute Gasteiger partial charge is 0.472 e. The molecule has 0 fully saturated rings. The summed E-state index contributed by atoms with van der Waals surface area (Å²) in [4.78, 5) is 72.9. The molecule has 0 bridgehead atoms. The highest BCUT2D eigenvalue weighted by Gasteiger charge is 2.30. The Labute approximate surface area is 597 Å². The van der Waals surface area contributed by atoms with E-state index in [9.17, 15) is 43.2 Å². The number of carbonyl (C=O) groups is 4. The van der Waals surface area contributed by atoms with E-state index in [2.05, 4.69) is 90.2 Å². The lowest BCUT2D eigenvalue weighted by Crippen LogP contribution is -2.30. The van der Waals surface area contributed by atoms with Gasteiger partial charge < -0.3 is 33.8 Å². The molecular weight excluding hydrogens is 1280 g/mol. The molecule has 574 valence electrons. The number of hydrogen-bond acceptors (Lipinski definition) is 15. The maximum absolute atomic E-state index is 13.1. The predicted molar refractivity (Wildman–Crippen MR) is 400 cm³/mol. The third-order valence-electron chi connectivity index (χ3n) is 17.2. The number of ether oxygens (including phenoxy) is 4. The van der Waals surface area contributed by atoms with Crippen LogP contribution in [0, 0.1) is 11.8 Å². The summed E-state index contributed by atoms with van der Waals surface area (Å²) in [7, 11) is -9.94. The van der Waals surface area contributed by atoms with E-state index in [0.717, 1.165) is 134 Å². The summed E-state index contributed by atoms with van der Waals surface area (Å²) in [6.45, 7) is 9.45. The molecular formula is C79H146O17P2. The van der Waals surface area contributed by atoms with Crippen molar-refractivity contribution < 1.29 is 80.2 Å². The average Bonchev–Trinajstić information content (AvgIpc) is 1.05. The second kappa shape index (κ2) is 69.7. The van der Waals surface area contributed by atoms with E-state index >= 15 is 0 Å². The number of rotatable bonds is 74. The van der Waals surface area contributed by atoms with E-state index in [1.54, 1.807) is 0 Å². The van der Waals surface area contributed by atoms with Gasteiger partial charge in [0.05, 0.1) is 26.4 Å². The van der Waals surface area contributed by atoms with Gasteiger partial charge in [0.1, 0.15) is 19.3 Å². The number of hydrogen-bond donors (Lipinski definition) is 3. The van der Waals surface area contributed by atoms with E-state index in [1.807, 2.05) is 0 Å². The molecule has 98 heavy (non-hydrogen) atoms. The van der Waals surface area contributed by atoms with Crippen molar-refractivity contribution in [2.24, 2.45) is 11.8 Å². The molecule has 0 aromatic rings. The van der Waals surface area contributed by atoms with Crippen molar-refractivity contribution in [1.29, 1.82) is 0 Å². The summed E-state index contributed by atoms with van der Waals surface area (Å²) in [5.41, 5.74) is 0. The van der Waals surface area contributed by atoms with Crippen LogP contribution in [0.4, 0.5) is 0 Å². The van der Waals surface area contributed by atoms with E-state index in [4.69, 9.17) is 37.0 Å². The maximum Gasteiger partial charge on any atom is 0.472 e. The molecule has 3 N–H and O–H groups in total. The van der Waals surface area contributed by atoms with Crippen LogP contribution in [0.1, 0.15) is 363 Å². The van der Waals surface area contributed by atoms with Crippen LogP contribution >= 0.6 is 15.6 Å². The molecule has 0 saturated carbocycles. The zero-order chi connectivity index (χ0) is 72.1. The van der Waals surface area contributed by atoms with Gasteiger partial charge in [0, 0.05) is 25.7 Å². The average molecular weight is 1430 g/mol. The van der Waals surface area contributed by atoms with E-state index < -0.39 is 97.5 Å². The molecule has 0 aromatic carbocycles. The van der Waals surface area contributed by atoms with Crippen molar-refractivity contribution in [3.63, 3.8) is 0 Å². The Balaban J connectivity index is 5.31. The quantitative estimate of drug-likeness (QED) is 0.0169. The van der Waals surface area contributed by atoms with Crippen LogP contribution in [0.5, 0.6) is 0 Å². The molecule has 0 radical (unpaired) electrons. The minimum Gasteiger partial charge on any atom is -0.462 e. The molecule has 0 rings (SSSR count). The number of unbranched alkanes of at least 4 members (excludes halogenated alkanes) is 38. The van der Waals surface area contributed by atoms with Crippen LogP contribution in [0.25, 0.3) is 0 Å². The highest BCUT2D eigenvalue weighted by molar-refractivity contribution is 7.47. The van der Waals surface area contributed by atoms with E-state index in [-0.39, 0.29) is 25.7 Å². The maximum atomic E-state index is 13.1. The van der Waals surface area contributed by atoms with Crippen molar-refractivity contribution in [2.45, 2.75) is 381 Å². The first kappa shape index (κ1) is 95.0. The topological polar surface area (TPSA) is 237 Å². The van der Waals surface area contributed by atoms with E-state index in [1.165, 1.54) is 141 Å². The normalized spacial score (nSPS) is 14.3. The summed E-state index contributed by atoms with van der Waals surface area (Å²) in [6, 6.07) is 0. The van der Waals surface area contributed by atoms with Gasteiger partial charge >= 0.3 is 39.5 Å². The molecule has 0 heterocycles. The Morgan fingerprint density at radius 2 is 0.551 bits per heavy atom. The SMILES string of the molecule is CCCCCC/C=C\C=C/CCCCCCCC(=O)OC[C@H](COP(=O)(O)OCC(O)COP(=O)(O)OC[C@@H](COC(=O)CCCCCCCCCC(C)C)OC(=O)CCCCCCC/C=C\C=C/CCCCCC)OC(=O)CCCCCCCCCCCCCCCCCC(C)C. The van der Waals surface area contributed by atoms with Crippen LogP contribution in [0.2, 0.25) is 0 Å². The van der Waals surface area contributed by atoms with Gasteiger partial charge in [-0.3, -0.25) is 37.3 Å². The Kier molecular flexibility index (Phi) is 67.6. The molecule has 17 nitrogen and oxygen atoms in total. The monoisotopic (exact) mass is 1430 g/mol. The van der Waals surface area contributed by atoms with Crippen molar-refractivity contribution in [1.82, 2.24) is 0 Å². The lowest BCUT2D eigenvalue weighted by atomic mass is 10.0. The molecule has 0 aliphatic heterocycles. The highest BCUT2D eigenvalue weighted by atomic mass is 31.2. The first-order valence-electron chi connectivity index (χ1n) is 39.6. The molecule has 0 amide bonds. The smallest absolute Gasteiger partial charge is 0.462 e. The third-order valence-corrected chi connectivity index (χ3v) is 19.1. The van der Waals surface area contributed by atoms with Crippen LogP contribution in [-0.4, -0.2) is 96.7 Å². The molecule has 0 spiro atoms. The summed E-state index contributed by atoms with van der Waals surface area (Å²) in [6.07, 6.45) is 64.1. The number of phosphoric ester groups is 2. The molecule has 3 unspecified atom stereocenters. The fourth-order valence-electron chi connectivity index (χ4n) is 11.1. The lowest BCUT2D eigenvalue weighted by Gasteiger charge is -2.21. The van der Waals surface area contributed by atoms with Gasteiger partial charge in [-0.05, 0) is 88.9 Å². The van der Waals surface area contributed by atoms with Crippen LogP contribution in [-0.2, 0) is 65.4 Å². The minimum absolute atomic E-state index is 0.0819. The van der Waals surface area contributed by atoms with Gasteiger partial charge in [0.25, 0.3) is 0 Å². The van der Waals surface area contributed by atoms with Crippen LogP contribution < -0.4 is 0 Å². The lowest BCUT2D eigenvalue weighted by molar-refractivity contribution is -0.161. The fraction of sp³-hybridized carbons (Fsp3) is 0.848. The number of carbonyl (C=O) groups excluding carboxylic acids is 4. The second-order valence-electron chi connectivity index (χ2n) is 28.0. The molecule has 19 heteroatoms. The Hall–Kier alpha value is -2.98. The number of esters is 4. The van der Waals surface area contributed by atoms with Gasteiger partial charge in [-0.25, -0.2) is 9.13 Å². The Morgan fingerprint density at radius 1 is 0.316 bits per heavy atom. The Bertz CT molecular complexity index is 2080. The summed E-state index contributed by atoms with van der Waals surface area (Å²) >= 11 is 0. The number of allylic oxidation sites excluding steroid dienone is 8. The first-order valence-corrected chi connectivity index (χ1v) is 42.6. The molecule has 5 atom stereocenters. The Morgan fingerprint density at radius 3 is 0.827 bits per heavy atom. The summed E-state index contributed by atoms with van der Waals surface area (Å²) in [5.74, 6) is -0.675. The number of aliphatic hydroxyl groups excluding tert-OH is 1. The van der Waals surface area contributed by atoms with Gasteiger partial charge in [-0.15, -0.1) is 0 Å². The highest BCUT2D eigenvalue weighted by Crippen LogP contribution is 2.45. The first-order chi connectivity index (χ1) is 47.4. The molecule has 0 saturated heterocycles. The van der Waals surface area contributed by atoms with Crippen molar-refractivity contribution >= 4 is 39.5 Å². The second-order valence-corrected chi connectivity index (χ2v) is 30.9. The van der Waals surface area contributed by atoms with Gasteiger partial charge in [0.2, 0.25) is 0 Å². The van der Waals surface area contributed by atoms with Crippen molar-refractivity contribution in [3.8, 4) is 0 Å². The number of phosphoric acid groups is 2. The predicted octanol–water partition coefficient (Wildman–Crippen LogP) is 22.6. The van der Waals surface area contributed by atoms with Crippen LogP contribution in [0.15, 0.2) is 48.6 Å². The number of aliphatic hydroxyl groups is 1. The van der Waals surface area contributed by atoms with Gasteiger partial charge in [0.15, 0.2) is 12.2 Å². The zero-order valence-electron chi connectivity index (χ0n) is 63.1. The minimum atomic E-state index is -4.97. The summed E-state index contributed by atoms with van der Waals surface area (Å²) in [5, 5.41) is 10.6. The van der Waals surface area contributed by atoms with E-state index in [0.29, 0.717) is 31.6 Å². The molecule has 0 aromatic heterocycles. The van der Waals surface area contributed by atoms with Gasteiger partial charge in [-0.1, -0.05) is 308 Å². The third kappa shape index (κ3) is 71.4. The fourth-order valence-corrected chi connectivity index (χ4v) is 12.7. The molecule has 0 aliphatic rings. The van der Waals surface area contributed by atoms with Crippen molar-refractivity contribution in [2.75, 3.05) is 39.6 Å². The standard InChI is InChI=1S/C79H146O17P2/c1-7-9-11-13-15-17-19-21-24-29-33-37-43-49-55-61-76(81)89-67-74(95-78(83)64-58-52-45-39-35-31-27-23-26-28-32-36-41-47-53-59-71(3)4)69-93-97(85,86)91-65-73(80)66-92-98(87,88)94-70-75(68-90-77(82)62-56-50-46-40-42-48-54-60-72(5)6)96-79(84)63-57-51-44-38-34-30-25-22-20-18-16-14-12-10-8-2/h17-22,24-25,71-75,80H,7-16,23,26-70H2,1-6H3,(H,85,86)(H,87,88)/b19-17-,20-18-,24-21-,25-22-/t73?,74-,75-/m1/s1. The van der Waals surface area contributed by atoms with Crippen molar-refractivity contribution in [3.05, 3.63) is 48.6 Å². The van der Waals surface area contributed by atoms with Gasteiger partial charge in [-0.2, -0.15) is 0 Å².